The second-order valence-electron chi connectivity index (χ2n) is 5.95. The molecule has 0 atom stereocenters. The van der Waals surface area contributed by atoms with Crippen LogP contribution < -0.4 is 19.1 Å². The van der Waals surface area contributed by atoms with E-state index in [-0.39, 0.29) is 27.3 Å². The van der Waals surface area contributed by atoms with Gasteiger partial charge in [-0.15, -0.1) is 0 Å². The minimum Gasteiger partial charge on any atom is -0.493 e. The van der Waals surface area contributed by atoms with Gasteiger partial charge in [-0.2, -0.15) is 0 Å². The van der Waals surface area contributed by atoms with Gasteiger partial charge in [-0.1, -0.05) is 40.9 Å². The summed E-state index contributed by atoms with van der Waals surface area (Å²) in [6.07, 6.45) is 0.966. The summed E-state index contributed by atoms with van der Waals surface area (Å²) in [5, 5.41) is 3.00. The van der Waals surface area contributed by atoms with E-state index >= 15 is 0 Å². The van der Waals surface area contributed by atoms with Gasteiger partial charge in [0.15, 0.2) is 11.5 Å². The van der Waals surface area contributed by atoms with Crippen LogP contribution in [-0.2, 0) is 21.4 Å². The van der Waals surface area contributed by atoms with E-state index in [4.69, 9.17) is 44.3 Å². The monoisotopic (exact) mass is 480 g/mol. The molecule has 0 aliphatic heterocycles. The Kier molecular flexibility index (Phi) is 7.87. The van der Waals surface area contributed by atoms with Gasteiger partial charge in [-0.25, -0.2) is 8.42 Å². The van der Waals surface area contributed by atoms with E-state index in [1.54, 1.807) is 18.2 Å². The molecular weight excluding hydrogens is 463 g/mol. The summed E-state index contributed by atoms with van der Waals surface area (Å²) in [5.41, 5.74) is 0.805. The van der Waals surface area contributed by atoms with Gasteiger partial charge in [0.25, 0.3) is 0 Å². The zero-order chi connectivity index (χ0) is 21.8. The molecule has 1 N–H and O–H groups in total. The summed E-state index contributed by atoms with van der Waals surface area (Å²) in [6, 6.07) is 7.79. The highest BCUT2D eigenvalue weighted by Gasteiger charge is 2.24. The van der Waals surface area contributed by atoms with Crippen LogP contribution in [0.1, 0.15) is 5.56 Å². The van der Waals surface area contributed by atoms with Crippen molar-refractivity contribution >= 4 is 56.4 Å². The minimum atomic E-state index is -3.82. The second-order valence-corrected chi connectivity index (χ2v) is 9.08. The SMILES string of the molecule is COc1ccc(CNC(=O)CN(c2cc(Cl)c(Cl)cc2Cl)S(C)(=O)=O)cc1OC. The lowest BCUT2D eigenvalue weighted by molar-refractivity contribution is -0.119. The Morgan fingerprint density at radius 3 is 2.21 bits per heavy atom. The first-order valence-corrected chi connectivity index (χ1v) is 11.1. The Balaban J connectivity index is 2.17. The van der Waals surface area contributed by atoms with Crippen molar-refractivity contribution in [3.63, 3.8) is 0 Å². The first-order valence-electron chi connectivity index (χ1n) is 8.16. The highest BCUT2D eigenvalue weighted by atomic mass is 35.5. The Bertz CT molecular complexity index is 1010. The van der Waals surface area contributed by atoms with Crippen molar-refractivity contribution in [1.82, 2.24) is 5.32 Å². The average Bonchev–Trinajstić information content (AvgIpc) is 2.66. The van der Waals surface area contributed by atoms with Crippen molar-refractivity contribution in [2.75, 3.05) is 31.3 Å². The molecule has 2 aromatic rings. The van der Waals surface area contributed by atoms with Crippen molar-refractivity contribution < 1.29 is 22.7 Å². The molecule has 0 aromatic heterocycles. The molecule has 0 unspecified atom stereocenters. The van der Waals surface area contributed by atoms with Crippen LogP contribution in [0.5, 0.6) is 11.5 Å². The van der Waals surface area contributed by atoms with Crippen LogP contribution in [0.4, 0.5) is 5.69 Å². The highest BCUT2D eigenvalue weighted by Crippen LogP contribution is 2.35. The highest BCUT2D eigenvalue weighted by molar-refractivity contribution is 7.92. The van der Waals surface area contributed by atoms with Crippen molar-refractivity contribution in [2.24, 2.45) is 0 Å². The van der Waals surface area contributed by atoms with E-state index in [2.05, 4.69) is 5.32 Å². The fourth-order valence-corrected chi connectivity index (χ4v) is 4.02. The number of benzene rings is 2. The van der Waals surface area contributed by atoms with Gasteiger partial charge < -0.3 is 14.8 Å². The van der Waals surface area contributed by atoms with E-state index in [0.717, 1.165) is 16.1 Å². The molecule has 0 aliphatic rings. The third-order valence-electron chi connectivity index (χ3n) is 3.88. The van der Waals surface area contributed by atoms with Gasteiger partial charge in [-0.05, 0) is 29.8 Å². The number of carbonyl (C=O) groups excluding carboxylic acids is 1. The van der Waals surface area contributed by atoms with E-state index in [9.17, 15) is 13.2 Å². The fraction of sp³-hybridized carbons (Fsp3) is 0.278. The number of nitrogens with one attached hydrogen (secondary N) is 1. The molecule has 0 fully saturated rings. The number of rotatable bonds is 8. The number of anilines is 1. The predicted molar refractivity (Wildman–Crippen MR) is 115 cm³/mol. The lowest BCUT2D eigenvalue weighted by Crippen LogP contribution is -2.40. The number of hydrogen-bond donors (Lipinski definition) is 1. The first kappa shape index (κ1) is 23.4. The van der Waals surface area contributed by atoms with E-state index in [1.165, 1.54) is 26.4 Å². The maximum Gasteiger partial charge on any atom is 0.241 e. The quantitative estimate of drug-likeness (QED) is 0.581. The Morgan fingerprint density at radius 1 is 1.00 bits per heavy atom. The molecule has 29 heavy (non-hydrogen) atoms. The van der Waals surface area contributed by atoms with Gasteiger partial charge in [0, 0.05) is 6.54 Å². The molecule has 11 heteroatoms. The summed E-state index contributed by atoms with van der Waals surface area (Å²) in [4.78, 5) is 12.4. The standard InChI is InChI=1S/C18H19Cl3N2O5S/c1-27-16-5-4-11(6-17(16)28-2)9-22-18(24)10-23(29(3,25)26)15-8-13(20)12(19)7-14(15)21/h4-8H,9-10H2,1-3H3,(H,22,24). The van der Waals surface area contributed by atoms with Crippen LogP contribution >= 0.6 is 34.8 Å². The Morgan fingerprint density at radius 2 is 1.62 bits per heavy atom. The maximum absolute atomic E-state index is 12.4. The van der Waals surface area contributed by atoms with Crippen molar-refractivity contribution in [3.05, 3.63) is 51.0 Å². The third kappa shape index (κ3) is 6.05. The van der Waals surface area contributed by atoms with E-state index in [0.29, 0.717) is 11.5 Å². The smallest absolute Gasteiger partial charge is 0.241 e. The van der Waals surface area contributed by atoms with Crippen LogP contribution in [0, 0.1) is 0 Å². The zero-order valence-electron chi connectivity index (χ0n) is 15.8. The number of nitrogens with zero attached hydrogens (tertiary/aromatic N) is 1. The minimum absolute atomic E-state index is 0.0533. The Labute approximate surface area is 184 Å². The molecule has 1 amide bonds. The number of methoxy groups -OCH3 is 2. The van der Waals surface area contributed by atoms with Crippen LogP contribution in [-0.4, -0.2) is 41.3 Å². The van der Waals surface area contributed by atoms with Gasteiger partial charge in [0.05, 0.1) is 41.2 Å². The Hall–Kier alpha value is -1.87. The van der Waals surface area contributed by atoms with Crippen molar-refractivity contribution in [1.29, 1.82) is 0 Å². The normalized spacial score (nSPS) is 11.1. The van der Waals surface area contributed by atoms with Crippen molar-refractivity contribution in [2.45, 2.75) is 6.54 Å². The van der Waals surface area contributed by atoms with Crippen LogP contribution in [0.2, 0.25) is 15.1 Å². The lowest BCUT2D eigenvalue weighted by atomic mass is 10.2. The summed E-state index contributed by atoms with van der Waals surface area (Å²) < 4.78 is 35.7. The fourth-order valence-electron chi connectivity index (χ4n) is 2.46. The first-order chi connectivity index (χ1) is 13.6. The predicted octanol–water partition coefficient (Wildman–Crippen LogP) is 3.75. The van der Waals surface area contributed by atoms with Crippen LogP contribution in [0.25, 0.3) is 0 Å². The molecule has 0 spiro atoms. The molecule has 7 nitrogen and oxygen atoms in total. The third-order valence-corrected chi connectivity index (χ3v) is 6.03. The molecule has 158 valence electrons. The number of sulfonamides is 1. The molecule has 2 aromatic carbocycles. The van der Waals surface area contributed by atoms with Crippen molar-refractivity contribution in [3.8, 4) is 11.5 Å². The maximum atomic E-state index is 12.4. The molecule has 0 heterocycles. The van der Waals surface area contributed by atoms with Gasteiger partial charge in [-0.3, -0.25) is 9.10 Å². The summed E-state index contributed by atoms with van der Waals surface area (Å²) >= 11 is 18.0. The van der Waals surface area contributed by atoms with Gasteiger partial charge >= 0.3 is 0 Å². The summed E-state index contributed by atoms with van der Waals surface area (Å²) in [5.74, 6) is 0.534. The number of ether oxygens (including phenoxy) is 2. The average molecular weight is 482 g/mol. The largest absolute Gasteiger partial charge is 0.493 e. The molecular formula is C18H19Cl3N2O5S. The number of carbonyl (C=O) groups is 1. The van der Waals surface area contributed by atoms with E-state index in [1.807, 2.05) is 0 Å². The van der Waals surface area contributed by atoms with Gasteiger partial charge in [0.2, 0.25) is 15.9 Å². The van der Waals surface area contributed by atoms with E-state index < -0.39 is 22.5 Å². The van der Waals surface area contributed by atoms with Gasteiger partial charge in [0.1, 0.15) is 6.54 Å². The molecule has 0 bridgehead atoms. The number of amides is 1. The molecule has 0 radical (unpaired) electrons. The summed E-state index contributed by atoms with van der Waals surface area (Å²) in [7, 11) is -0.792. The molecule has 0 aliphatic carbocycles. The summed E-state index contributed by atoms with van der Waals surface area (Å²) in [6.45, 7) is -0.324. The molecule has 0 saturated heterocycles. The topological polar surface area (TPSA) is 84.9 Å². The lowest BCUT2D eigenvalue weighted by Gasteiger charge is -2.23. The molecule has 0 saturated carbocycles. The second kappa shape index (κ2) is 9.75. The molecule has 2 rings (SSSR count). The zero-order valence-corrected chi connectivity index (χ0v) is 18.9. The number of hydrogen-bond acceptors (Lipinski definition) is 5. The number of halogens is 3. The van der Waals surface area contributed by atoms with Crippen LogP contribution in [0.3, 0.4) is 0 Å². The van der Waals surface area contributed by atoms with Crippen LogP contribution in [0.15, 0.2) is 30.3 Å².